The van der Waals surface area contributed by atoms with Crippen molar-refractivity contribution in [1.82, 2.24) is 20.5 Å². The normalized spacial score (nSPS) is 11.8. The molecule has 162 valence electrons. The first kappa shape index (κ1) is 22.2. The van der Waals surface area contributed by atoms with Crippen LogP contribution in [0.4, 0.5) is 13.2 Å². The molecule has 0 saturated heterocycles. The van der Waals surface area contributed by atoms with Gasteiger partial charge < -0.3 is 14.8 Å². The number of pyridine rings is 1. The second kappa shape index (κ2) is 9.52. The number of aryl methyl sites for hydroxylation is 1. The van der Waals surface area contributed by atoms with Crippen LogP contribution in [0.2, 0.25) is 0 Å². The zero-order chi connectivity index (χ0) is 22.4. The van der Waals surface area contributed by atoms with Gasteiger partial charge in [-0.25, -0.2) is 0 Å². The summed E-state index contributed by atoms with van der Waals surface area (Å²) in [5.74, 6) is -0.0740. The van der Waals surface area contributed by atoms with E-state index in [-0.39, 0.29) is 24.9 Å². The number of amides is 1. The molecule has 3 aromatic rings. The third-order valence-electron chi connectivity index (χ3n) is 4.37. The molecular weight excluding hydrogens is 413 g/mol. The lowest BCUT2D eigenvalue weighted by atomic mass is 10.1. The van der Waals surface area contributed by atoms with Crippen LogP contribution in [0.5, 0.6) is 0 Å². The number of aliphatic hydroxyl groups excluding tert-OH is 1. The van der Waals surface area contributed by atoms with Crippen molar-refractivity contribution in [3.05, 3.63) is 70.9 Å². The van der Waals surface area contributed by atoms with Crippen LogP contribution in [0.3, 0.4) is 0 Å². The Morgan fingerprint density at radius 3 is 2.58 bits per heavy atom. The number of rotatable bonds is 7. The average Bonchev–Trinajstić information content (AvgIpc) is 3.25. The monoisotopic (exact) mass is 432 g/mol. The van der Waals surface area contributed by atoms with Gasteiger partial charge in [-0.2, -0.15) is 13.2 Å². The third-order valence-corrected chi connectivity index (χ3v) is 4.37. The van der Waals surface area contributed by atoms with Crippen molar-refractivity contribution in [2.24, 2.45) is 0 Å². The minimum Gasteiger partial charge on any atom is -0.418 e. The van der Waals surface area contributed by atoms with Gasteiger partial charge in [0.2, 0.25) is 17.7 Å². The van der Waals surface area contributed by atoms with E-state index in [1.54, 1.807) is 12.1 Å². The van der Waals surface area contributed by atoms with Crippen LogP contribution >= 0.6 is 0 Å². The molecule has 3 rings (SSSR count). The molecule has 0 aliphatic rings. The number of aromatic nitrogens is 3. The lowest BCUT2D eigenvalue weighted by molar-refractivity contribution is -0.137. The van der Waals surface area contributed by atoms with E-state index >= 15 is 0 Å². The number of hydrogen-bond donors (Lipinski definition) is 2. The zero-order valence-corrected chi connectivity index (χ0v) is 16.5. The van der Waals surface area contributed by atoms with Crippen LogP contribution in [0, 0.1) is 0 Å². The molecule has 0 fully saturated rings. The maximum atomic E-state index is 12.6. The molecule has 0 aliphatic carbocycles. The highest BCUT2D eigenvalue weighted by Crippen LogP contribution is 2.29. The van der Waals surface area contributed by atoms with Crippen molar-refractivity contribution in [2.45, 2.75) is 32.7 Å². The summed E-state index contributed by atoms with van der Waals surface area (Å²) in [5.41, 5.74) is 1.82. The Hall–Kier alpha value is -3.53. The molecule has 2 aromatic heterocycles. The van der Waals surface area contributed by atoms with Gasteiger partial charge in [0.05, 0.1) is 16.8 Å². The zero-order valence-electron chi connectivity index (χ0n) is 16.5. The van der Waals surface area contributed by atoms with Crippen LogP contribution in [-0.4, -0.2) is 26.2 Å². The Balaban J connectivity index is 1.63. The summed E-state index contributed by atoms with van der Waals surface area (Å²) >= 11 is 0. The molecule has 10 heteroatoms. The number of carbonyl (C=O) groups is 1. The van der Waals surface area contributed by atoms with Crippen molar-refractivity contribution < 1.29 is 27.5 Å². The highest BCUT2D eigenvalue weighted by molar-refractivity contribution is 5.91. The van der Waals surface area contributed by atoms with E-state index in [1.165, 1.54) is 24.4 Å². The molecule has 0 bridgehead atoms. The van der Waals surface area contributed by atoms with Crippen LogP contribution < -0.4 is 5.32 Å². The maximum absolute atomic E-state index is 12.6. The summed E-state index contributed by atoms with van der Waals surface area (Å²) in [6.45, 7) is 1.66. The first-order chi connectivity index (χ1) is 14.8. The van der Waals surface area contributed by atoms with E-state index in [2.05, 4.69) is 20.5 Å². The van der Waals surface area contributed by atoms with Gasteiger partial charge in [-0.1, -0.05) is 19.1 Å². The first-order valence-electron chi connectivity index (χ1n) is 9.34. The standard InChI is InChI=1S/C21H19F3N4O3/c1-2-14-9-15(20-28-27-19(12-29)31-20)11-25-17(14)7-8-18(30)26-10-13-3-5-16(6-4-13)21(22,23)24/h3-9,11,29H,2,10,12H2,1H3,(H,26,30)/b8-7+. The second-order valence-electron chi connectivity index (χ2n) is 6.53. The minimum absolute atomic E-state index is 0.0959. The van der Waals surface area contributed by atoms with E-state index in [0.717, 1.165) is 17.7 Å². The lowest BCUT2D eigenvalue weighted by Crippen LogP contribution is -2.20. The van der Waals surface area contributed by atoms with Crippen LogP contribution in [0.25, 0.3) is 17.5 Å². The molecule has 0 saturated carbocycles. The number of benzene rings is 1. The summed E-state index contributed by atoms with van der Waals surface area (Å²) in [6.07, 6.45) is 0.621. The lowest BCUT2D eigenvalue weighted by Gasteiger charge is -2.08. The van der Waals surface area contributed by atoms with Crippen LogP contribution in [-0.2, 0) is 30.5 Å². The minimum atomic E-state index is -4.39. The van der Waals surface area contributed by atoms with Crippen LogP contribution in [0.15, 0.2) is 47.0 Å². The fraction of sp³-hybridized carbons (Fsp3) is 0.238. The van der Waals surface area contributed by atoms with Crippen molar-refractivity contribution >= 4 is 12.0 Å². The Kier molecular flexibility index (Phi) is 6.81. The molecule has 0 aliphatic heterocycles. The Bertz CT molecular complexity index is 1080. The van der Waals surface area contributed by atoms with E-state index in [1.807, 2.05) is 6.92 Å². The van der Waals surface area contributed by atoms with Crippen molar-refractivity contribution in [2.75, 3.05) is 0 Å². The quantitative estimate of drug-likeness (QED) is 0.554. The summed E-state index contributed by atoms with van der Waals surface area (Å²) in [5, 5.41) is 19.2. The fourth-order valence-corrected chi connectivity index (χ4v) is 2.72. The summed E-state index contributed by atoms with van der Waals surface area (Å²) in [7, 11) is 0. The smallest absolute Gasteiger partial charge is 0.416 e. The number of aliphatic hydroxyl groups is 1. The Morgan fingerprint density at radius 2 is 1.97 bits per heavy atom. The highest BCUT2D eigenvalue weighted by Gasteiger charge is 2.29. The molecule has 1 aromatic carbocycles. The van der Waals surface area contributed by atoms with Gasteiger partial charge in [0, 0.05) is 18.8 Å². The second-order valence-corrected chi connectivity index (χ2v) is 6.53. The SMILES string of the molecule is CCc1cc(-c2nnc(CO)o2)cnc1/C=C/C(=O)NCc1ccc(C(F)(F)F)cc1. The van der Waals surface area contributed by atoms with Gasteiger partial charge in [0.25, 0.3) is 0 Å². The van der Waals surface area contributed by atoms with E-state index in [0.29, 0.717) is 23.2 Å². The third kappa shape index (κ3) is 5.76. The van der Waals surface area contributed by atoms with Crippen molar-refractivity contribution in [3.63, 3.8) is 0 Å². The van der Waals surface area contributed by atoms with Gasteiger partial charge in [-0.15, -0.1) is 10.2 Å². The fourth-order valence-electron chi connectivity index (χ4n) is 2.72. The summed E-state index contributed by atoms with van der Waals surface area (Å²) in [4.78, 5) is 16.4. The summed E-state index contributed by atoms with van der Waals surface area (Å²) < 4.78 is 43.1. The highest BCUT2D eigenvalue weighted by atomic mass is 19.4. The predicted octanol–water partition coefficient (Wildman–Crippen LogP) is 3.53. The first-order valence-corrected chi connectivity index (χ1v) is 9.34. The molecule has 0 atom stereocenters. The molecule has 31 heavy (non-hydrogen) atoms. The molecular formula is C21H19F3N4O3. The Morgan fingerprint density at radius 1 is 1.23 bits per heavy atom. The van der Waals surface area contributed by atoms with Gasteiger partial charge in [-0.05, 0) is 41.8 Å². The van der Waals surface area contributed by atoms with Gasteiger partial charge in [0.1, 0.15) is 6.61 Å². The van der Waals surface area contributed by atoms with Gasteiger partial charge in [0.15, 0.2) is 0 Å². The maximum Gasteiger partial charge on any atom is 0.416 e. The predicted molar refractivity (Wildman–Crippen MR) is 105 cm³/mol. The summed E-state index contributed by atoms with van der Waals surface area (Å²) in [6, 6.07) is 6.40. The molecule has 2 N–H and O–H groups in total. The molecule has 1 amide bonds. The van der Waals surface area contributed by atoms with Crippen LogP contribution in [0.1, 0.15) is 35.2 Å². The molecule has 7 nitrogen and oxygen atoms in total. The molecule has 0 unspecified atom stereocenters. The van der Waals surface area contributed by atoms with Crippen molar-refractivity contribution in [3.8, 4) is 11.5 Å². The number of halogens is 3. The van der Waals surface area contributed by atoms with Crippen molar-refractivity contribution in [1.29, 1.82) is 0 Å². The topological polar surface area (TPSA) is 101 Å². The Labute approximate surface area is 175 Å². The van der Waals surface area contributed by atoms with E-state index in [4.69, 9.17) is 9.52 Å². The molecule has 0 spiro atoms. The van der Waals surface area contributed by atoms with E-state index in [9.17, 15) is 18.0 Å². The molecule has 0 radical (unpaired) electrons. The largest absolute Gasteiger partial charge is 0.418 e. The van der Waals surface area contributed by atoms with E-state index < -0.39 is 17.6 Å². The van der Waals surface area contributed by atoms with Gasteiger partial charge >= 0.3 is 6.18 Å². The average molecular weight is 432 g/mol. The number of alkyl halides is 3. The number of hydrogen-bond acceptors (Lipinski definition) is 6. The number of carbonyl (C=O) groups excluding carboxylic acids is 1. The molecule has 2 heterocycles. The van der Waals surface area contributed by atoms with Gasteiger partial charge in [-0.3, -0.25) is 9.78 Å². The number of nitrogens with one attached hydrogen (secondary N) is 1. The number of nitrogens with zero attached hydrogens (tertiary/aromatic N) is 3.